The Labute approximate surface area is 112 Å². The number of rotatable bonds is 4. The van der Waals surface area contributed by atoms with Crippen molar-refractivity contribution < 1.29 is 19.4 Å². The molecule has 1 unspecified atom stereocenters. The number of carboxylic acids is 1. The highest BCUT2D eigenvalue weighted by Crippen LogP contribution is 2.44. The predicted molar refractivity (Wildman–Crippen MR) is 68.8 cm³/mol. The van der Waals surface area contributed by atoms with Gasteiger partial charge in [-0.3, -0.25) is 4.79 Å². The molecule has 1 saturated carbocycles. The number of aliphatic carboxylic acids is 1. The molecule has 2 fully saturated rings. The Morgan fingerprint density at radius 1 is 1.32 bits per heavy atom. The molecule has 0 aromatic rings. The van der Waals surface area contributed by atoms with Gasteiger partial charge in [0.25, 0.3) is 0 Å². The molecule has 0 spiro atoms. The average Bonchev–Trinajstić information content (AvgIpc) is 2.95. The van der Waals surface area contributed by atoms with Crippen LogP contribution in [0.4, 0.5) is 4.79 Å². The van der Waals surface area contributed by atoms with E-state index in [9.17, 15) is 14.7 Å². The molecular weight excluding hydrogens is 248 g/mol. The van der Waals surface area contributed by atoms with Crippen molar-refractivity contribution in [2.75, 3.05) is 19.8 Å². The van der Waals surface area contributed by atoms with Crippen LogP contribution < -0.4 is 10.6 Å². The van der Waals surface area contributed by atoms with E-state index in [4.69, 9.17) is 4.74 Å². The van der Waals surface area contributed by atoms with Gasteiger partial charge in [0.05, 0.1) is 5.41 Å². The second kappa shape index (κ2) is 5.00. The first kappa shape index (κ1) is 14.1. The molecule has 3 N–H and O–H groups in total. The van der Waals surface area contributed by atoms with Crippen molar-refractivity contribution in [3.63, 3.8) is 0 Å². The second-order valence-electron chi connectivity index (χ2n) is 6.27. The van der Waals surface area contributed by atoms with Crippen molar-refractivity contribution in [3.05, 3.63) is 0 Å². The zero-order valence-electron chi connectivity index (χ0n) is 11.5. The summed E-state index contributed by atoms with van der Waals surface area (Å²) in [6.07, 6.45) is 1.85. The van der Waals surface area contributed by atoms with Crippen molar-refractivity contribution in [2.45, 2.75) is 39.2 Å². The zero-order chi connectivity index (χ0) is 14.1. The lowest BCUT2D eigenvalue weighted by molar-refractivity contribution is -0.154. The van der Waals surface area contributed by atoms with Crippen LogP contribution in [-0.2, 0) is 9.53 Å². The molecule has 2 aliphatic rings. The minimum Gasteiger partial charge on any atom is -0.481 e. The molecule has 1 aliphatic heterocycles. The number of carboxylic acid groups (broad SMARTS) is 1. The summed E-state index contributed by atoms with van der Waals surface area (Å²) in [5.41, 5.74) is -0.713. The third-order valence-corrected chi connectivity index (χ3v) is 4.31. The summed E-state index contributed by atoms with van der Waals surface area (Å²) in [4.78, 5) is 23.1. The van der Waals surface area contributed by atoms with Gasteiger partial charge in [0.15, 0.2) is 0 Å². The molecule has 108 valence electrons. The van der Waals surface area contributed by atoms with E-state index in [1.165, 1.54) is 0 Å². The molecule has 6 heteroatoms. The minimum atomic E-state index is -0.880. The first-order valence-corrected chi connectivity index (χ1v) is 6.71. The molecule has 19 heavy (non-hydrogen) atoms. The summed E-state index contributed by atoms with van der Waals surface area (Å²) < 4.78 is 5.19. The second-order valence-corrected chi connectivity index (χ2v) is 6.27. The van der Waals surface area contributed by atoms with Gasteiger partial charge in [0.2, 0.25) is 0 Å². The van der Waals surface area contributed by atoms with Gasteiger partial charge < -0.3 is 20.5 Å². The molecular formula is C13H22N2O4. The molecule has 6 nitrogen and oxygen atoms in total. The van der Waals surface area contributed by atoms with E-state index in [0.29, 0.717) is 26.1 Å². The maximum absolute atomic E-state index is 11.7. The van der Waals surface area contributed by atoms with Gasteiger partial charge in [-0.25, -0.2) is 4.79 Å². The number of nitrogens with one attached hydrogen (secondary N) is 2. The topological polar surface area (TPSA) is 87.7 Å². The zero-order valence-corrected chi connectivity index (χ0v) is 11.5. The first-order valence-electron chi connectivity index (χ1n) is 6.71. The molecule has 0 aromatic heterocycles. The quantitative estimate of drug-likeness (QED) is 0.710. The van der Waals surface area contributed by atoms with Crippen molar-refractivity contribution in [1.29, 1.82) is 0 Å². The normalized spacial score (nSPS) is 27.4. The van der Waals surface area contributed by atoms with Crippen molar-refractivity contribution in [2.24, 2.45) is 10.8 Å². The Morgan fingerprint density at radius 2 is 1.89 bits per heavy atom. The Kier molecular flexibility index (Phi) is 3.71. The monoisotopic (exact) mass is 270 g/mol. The van der Waals surface area contributed by atoms with Crippen molar-refractivity contribution in [3.8, 4) is 0 Å². The van der Waals surface area contributed by atoms with Crippen LogP contribution in [0.15, 0.2) is 0 Å². The molecule has 1 aliphatic carbocycles. The number of hydrogen-bond acceptors (Lipinski definition) is 3. The molecule has 2 rings (SSSR count). The van der Waals surface area contributed by atoms with Crippen LogP contribution in [-0.4, -0.2) is 42.9 Å². The summed E-state index contributed by atoms with van der Waals surface area (Å²) in [5.74, 6) is -0.858. The highest BCUT2D eigenvalue weighted by molar-refractivity contribution is 5.78. The first-order chi connectivity index (χ1) is 8.86. The lowest BCUT2D eigenvalue weighted by Gasteiger charge is -2.33. The maximum atomic E-state index is 11.7. The fourth-order valence-electron chi connectivity index (χ4n) is 2.40. The molecule has 1 heterocycles. The van der Waals surface area contributed by atoms with E-state index >= 15 is 0 Å². The van der Waals surface area contributed by atoms with Gasteiger partial charge in [-0.2, -0.15) is 0 Å². The maximum Gasteiger partial charge on any atom is 0.315 e. The van der Waals surface area contributed by atoms with Crippen LogP contribution in [0.3, 0.4) is 0 Å². The third-order valence-electron chi connectivity index (χ3n) is 4.31. The van der Waals surface area contributed by atoms with E-state index in [1.54, 1.807) is 0 Å². The summed E-state index contributed by atoms with van der Waals surface area (Å²) in [7, 11) is 0. The average molecular weight is 270 g/mol. The number of amides is 2. The lowest BCUT2D eigenvalue weighted by atomic mass is 9.80. The van der Waals surface area contributed by atoms with E-state index in [-0.39, 0.29) is 24.0 Å². The number of ether oxygens (including phenoxy) is 1. The van der Waals surface area contributed by atoms with E-state index < -0.39 is 11.4 Å². The fourth-order valence-corrected chi connectivity index (χ4v) is 2.40. The van der Waals surface area contributed by atoms with Crippen molar-refractivity contribution >= 4 is 12.0 Å². The standard InChI is InChI=1S/C13H22N2O4/c1-12(2)7-9(12)15-11(18)14-8-13(10(16)17)3-5-19-6-4-13/h9H,3-8H2,1-2H3,(H,16,17)(H2,14,15,18). The number of hydrogen-bond donors (Lipinski definition) is 3. The third kappa shape index (κ3) is 3.18. The van der Waals surface area contributed by atoms with E-state index in [1.807, 2.05) is 0 Å². The fraction of sp³-hybridized carbons (Fsp3) is 0.846. The SMILES string of the molecule is CC1(C)CC1NC(=O)NCC1(C(=O)O)CCOCC1. The number of urea groups is 1. The van der Waals surface area contributed by atoms with Crippen LogP contribution in [0.2, 0.25) is 0 Å². The van der Waals surface area contributed by atoms with Gasteiger partial charge in [0.1, 0.15) is 0 Å². The summed E-state index contributed by atoms with van der Waals surface area (Å²) in [6.45, 7) is 5.21. The van der Waals surface area contributed by atoms with Crippen LogP contribution in [0.1, 0.15) is 33.1 Å². The van der Waals surface area contributed by atoms with Crippen LogP contribution in [0.25, 0.3) is 0 Å². The van der Waals surface area contributed by atoms with Gasteiger partial charge in [-0.1, -0.05) is 13.8 Å². The molecule has 1 atom stereocenters. The summed E-state index contributed by atoms with van der Waals surface area (Å²) >= 11 is 0. The van der Waals surface area contributed by atoms with Crippen LogP contribution in [0.5, 0.6) is 0 Å². The Bertz CT molecular complexity index is 375. The molecule has 1 saturated heterocycles. The predicted octanol–water partition coefficient (Wildman–Crippen LogP) is 0.965. The van der Waals surface area contributed by atoms with Gasteiger partial charge in [0, 0.05) is 25.8 Å². The summed E-state index contributed by atoms with van der Waals surface area (Å²) in [5, 5.41) is 14.9. The van der Waals surface area contributed by atoms with Crippen LogP contribution in [0, 0.1) is 10.8 Å². The molecule has 0 aromatic carbocycles. The van der Waals surface area contributed by atoms with E-state index in [2.05, 4.69) is 24.5 Å². The Morgan fingerprint density at radius 3 is 2.37 bits per heavy atom. The summed E-state index contributed by atoms with van der Waals surface area (Å²) in [6, 6.07) is -0.0781. The molecule has 2 amide bonds. The van der Waals surface area contributed by atoms with Crippen LogP contribution >= 0.6 is 0 Å². The van der Waals surface area contributed by atoms with E-state index in [0.717, 1.165) is 6.42 Å². The molecule has 0 radical (unpaired) electrons. The highest BCUT2D eigenvalue weighted by Gasteiger charge is 2.47. The smallest absolute Gasteiger partial charge is 0.315 e. The highest BCUT2D eigenvalue weighted by atomic mass is 16.5. The van der Waals surface area contributed by atoms with Crippen molar-refractivity contribution in [1.82, 2.24) is 10.6 Å². The largest absolute Gasteiger partial charge is 0.481 e. The van der Waals surface area contributed by atoms with Gasteiger partial charge in [-0.05, 0) is 24.7 Å². The van der Waals surface area contributed by atoms with Gasteiger partial charge >= 0.3 is 12.0 Å². The minimum absolute atomic E-state index is 0.157. The Balaban J connectivity index is 1.82. The number of carbonyl (C=O) groups excluding carboxylic acids is 1. The lowest BCUT2D eigenvalue weighted by Crippen LogP contribution is -2.49. The number of carbonyl (C=O) groups is 2. The Hall–Kier alpha value is -1.30. The van der Waals surface area contributed by atoms with Gasteiger partial charge in [-0.15, -0.1) is 0 Å². The molecule has 0 bridgehead atoms.